The van der Waals surface area contributed by atoms with Crippen LogP contribution in [0.3, 0.4) is 0 Å². The Hall–Kier alpha value is -0.370. The Morgan fingerprint density at radius 2 is 1.93 bits per heavy atom. The lowest BCUT2D eigenvalue weighted by Gasteiger charge is -2.12. The minimum absolute atomic E-state index is 0.00363. The van der Waals surface area contributed by atoms with E-state index < -0.39 is 15.4 Å². The third kappa shape index (κ3) is 2.60. The van der Waals surface area contributed by atoms with Crippen molar-refractivity contribution in [2.45, 2.75) is 24.7 Å². The zero-order valence-electron chi connectivity index (χ0n) is 8.67. The van der Waals surface area contributed by atoms with Gasteiger partial charge >= 0.3 is 0 Å². The van der Waals surface area contributed by atoms with Gasteiger partial charge in [0.25, 0.3) is 5.56 Å². The van der Waals surface area contributed by atoms with Gasteiger partial charge in [0.05, 0.1) is 0 Å². The van der Waals surface area contributed by atoms with E-state index in [1.165, 1.54) is 6.20 Å². The van der Waals surface area contributed by atoms with Crippen molar-refractivity contribution in [1.29, 1.82) is 0 Å². The first-order chi connectivity index (χ1) is 6.75. The Bertz CT molecular complexity index is 531. The largest absolute Gasteiger partial charge is 0.327 e. The molecule has 1 aromatic heterocycles. The van der Waals surface area contributed by atoms with Gasteiger partial charge in [-0.05, 0) is 34.1 Å². The van der Waals surface area contributed by atoms with E-state index in [4.69, 9.17) is 0 Å². The summed E-state index contributed by atoms with van der Waals surface area (Å²) < 4.78 is 23.8. The van der Waals surface area contributed by atoms with E-state index in [2.05, 4.69) is 4.98 Å². The predicted octanol–water partition coefficient (Wildman–Crippen LogP) is 1.51. The SMILES string of the molecule is CC(C)c1c(I)c[nH]c(=O)c1S(C)(=O)=O. The van der Waals surface area contributed by atoms with E-state index in [1.807, 2.05) is 36.4 Å². The monoisotopic (exact) mass is 341 g/mol. The van der Waals surface area contributed by atoms with E-state index in [9.17, 15) is 13.2 Å². The van der Waals surface area contributed by atoms with Gasteiger partial charge in [-0.25, -0.2) is 8.42 Å². The molecular formula is C9H12INO3S. The normalized spacial score (nSPS) is 12.1. The van der Waals surface area contributed by atoms with Crippen molar-refractivity contribution in [3.63, 3.8) is 0 Å². The lowest BCUT2D eigenvalue weighted by Crippen LogP contribution is -2.21. The molecule has 0 aliphatic carbocycles. The molecule has 0 saturated heterocycles. The Labute approximate surface area is 102 Å². The first-order valence-electron chi connectivity index (χ1n) is 4.36. The molecule has 0 aliphatic rings. The second kappa shape index (κ2) is 4.25. The first kappa shape index (κ1) is 12.7. The van der Waals surface area contributed by atoms with Gasteiger partial charge in [-0.2, -0.15) is 0 Å². The van der Waals surface area contributed by atoms with E-state index >= 15 is 0 Å². The Morgan fingerprint density at radius 3 is 2.27 bits per heavy atom. The Kier molecular flexibility index (Phi) is 3.59. The average Bonchev–Trinajstić information content (AvgIpc) is 2.05. The van der Waals surface area contributed by atoms with Gasteiger partial charge in [-0.15, -0.1) is 0 Å². The lowest BCUT2D eigenvalue weighted by molar-refractivity contribution is 0.597. The molecule has 4 nitrogen and oxygen atoms in total. The molecule has 0 spiro atoms. The molecule has 6 heteroatoms. The molecule has 0 amide bonds. The molecule has 0 bridgehead atoms. The van der Waals surface area contributed by atoms with Crippen LogP contribution in [0.4, 0.5) is 0 Å². The molecular weight excluding hydrogens is 329 g/mol. The minimum Gasteiger partial charge on any atom is -0.327 e. The quantitative estimate of drug-likeness (QED) is 0.829. The fraction of sp³-hybridized carbons (Fsp3) is 0.444. The highest BCUT2D eigenvalue weighted by atomic mass is 127. The van der Waals surface area contributed by atoms with E-state index in [0.29, 0.717) is 5.56 Å². The van der Waals surface area contributed by atoms with Crippen LogP contribution in [-0.4, -0.2) is 19.7 Å². The van der Waals surface area contributed by atoms with Crippen LogP contribution in [0.2, 0.25) is 0 Å². The van der Waals surface area contributed by atoms with Gasteiger partial charge in [0.15, 0.2) is 9.84 Å². The summed E-state index contributed by atoms with van der Waals surface area (Å²) in [6.45, 7) is 3.73. The lowest BCUT2D eigenvalue weighted by atomic mass is 10.1. The number of rotatable bonds is 2. The number of aromatic nitrogens is 1. The summed E-state index contributed by atoms with van der Waals surface area (Å²) in [5.41, 5.74) is 0.0588. The maximum Gasteiger partial charge on any atom is 0.267 e. The summed E-state index contributed by atoms with van der Waals surface area (Å²) >= 11 is 2.02. The smallest absolute Gasteiger partial charge is 0.267 e. The molecule has 1 heterocycles. The van der Waals surface area contributed by atoms with Crippen LogP contribution < -0.4 is 5.56 Å². The van der Waals surface area contributed by atoms with Gasteiger partial charge in [-0.3, -0.25) is 4.79 Å². The summed E-state index contributed by atoms with van der Waals surface area (Å²) in [7, 11) is -3.48. The minimum atomic E-state index is -3.48. The standard InChI is InChI=1S/C9H12INO3S/c1-5(2)7-6(10)4-11-9(12)8(7)15(3,13)14/h4-5H,1-3H3,(H,11,12). The molecule has 1 rings (SSSR count). The van der Waals surface area contributed by atoms with Crippen LogP contribution in [0.5, 0.6) is 0 Å². The number of halogens is 1. The van der Waals surface area contributed by atoms with Crippen LogP contribution in [0.25, 0.3) is 0 Å². The molecule has 0 aromatic carbocycles. The number of pyridine rings is 1. The number of sulfone groups is 1. The van der Waals surface area contributed by atoms with E-state index in [-0.39, 0.29) is 10.8 Å². The number of hydrogen-bond donors (Lipinski definition) is 1. The number of aromatic amines is 1. The summed E-state index contributed by atoms with van der Waals surface area (Å²) in [4.78, 5) is 13.8. The topological polar surface area (TPSA) is 67.0 Å². The van der Waals surface area contributed by atoms with Gasteiger partial charge in [0, 0.05) is 16.0 Å². The van der Waals surface area contributed by atoms with Crippen LogP contribution >= 0.6 is 22.6 Å². The predicted molar refractivity (Wildman–Crippen MR) is 67.0 cm³/mol. The fourth-order valence-electron chi connectivity index (χ4n) is 1.41. The molecule has 0 unspecified atom stereocenters. The zero-order chi connectivity index (χ0) is 11.8. The molecule has 1 N–H and O–H groups in total. The number of hydrogen-bond acceptors (Lipinski definition) is 3. The molecule has 0 fully saturated rings. The van der Waals surface area contributed by atoms with Crippen molar-refractivity contribution in [3.05, 3.63) is 25.7 Å². The Balaban J connectivity index is 3.77. The highest BCUT2D eigenvalue weighted by Crippen LogP contribution is 2.25. The van der Waals surface area contributed by atoms with Gasteiger partial charge in [0.1, 0.15) is 4.90 Å². The van der Waals surface area contributed by atoms with Crippen LogP contribution in [0.15, 0.2) is 15.9 Å². The summed E-state index contributed by atoms with van der Waals surface area (Å²) in [6, 6.07) is 0. The third-order valence-electron chi connectivity index (χ3n) is 1.99. The highest BCUT2D eigenvalue weighted by molar-refractivity contribution is 14.1. The molecule has 15 heavy (non-hydrogen) atoms. The summed E-state index contributed by atoms with van der Waals surface area (Å²) in [5.74, 6) is 0.00363. The number of H-pyrrole nitrogens is 1. The van der Waals surface area contributed by atoms with Crippen LogP contribution in [-0.2, 0) is 9.84 Å². The molecule has 84 valence electrons. The summed E-state index contributed by atoms with van der Waals surface area (Å²) in [5, 5.41) is 0. The van der Waals surface area contributed by atoms with Crippen molar-refractivity contribution in [3.8, 4) is 0 Å². The number of nitrogens with one attached hydrogen (secondary N) is 1. The van der Waals surface area contributed by atoms with Crippen molar-refractivity contribution in [1.82, 2.24) is 4.98 Å². The van der Waals surface area contributed by atoms with Gasteiger partial charge in [-0.1, -0.05) is 13.8 Å². The van der Waals surface area contributed by atoms with Crippen molar-refractivity contribution in [2.75, 3.05) is 6.26 Å². The van der Waals surface area contributed by atoms with Crippen LogP contribution in [0.1, 0.15) is 25.3 Å². The average molecular weight is 341 g/mol. The van der Waals surface area contributed by atoms with E-state index in [1.54, 1.807) is 0 Å². The third-order valence-corrected chi connectivity index (χ3v) is 4.03. The van der Waals surface area contributed by atoms with Gasteiger partial charge in [0.2, 0.25) is 0 Å². The Morgan fingerprint density at radius 1 is 1.40 bits per heavy atom. The maximum atomic E-state index is 11.5. The fourth-order valence-corrected chi connectivity index (χ4v) is 3.78. The van der Waals surface area contributed by atoms with Crippen molar-refractivity contribution < 1.29 is 8.42 Å². The highest BCUT2D eigenvalue weighted by Gasteiger charge is 2.22. The van der Waals surface area contributed by atoms with Crippen molar-refractivity contribution in [2.24, 2.45) is 0 Å². The van der Waals surface area contributed by atoms with Crippen molar-refractivity contribution >= 4 is 32.4 Å². The zero-order valence-corrected chi connectivity index (χ0v) is 11.6. The maximum absolute atomic E-state index is 11.5. The molecule has 0 aliphatic heterocycles. The molecule has 1 aromatic rings. The second-order valence-electron chi connectivity index (χ2n) is 3.64. The second-order valence-corrected chi connectivity index (χ2v) is 6.75. The first-order valence-corrected chi connectivity index (χ1v) is 7.33. The van der Waals surface area contributed by atoms with Gasteiger partial charge < -0.3 is 4.98 Å². The molecule has 0 radical (unpaired) electrons. The molecule has 0 atom stereocenters. The van der Waals surface area contributed by atoms with Crippen LogP contribution in [0, 0.1) is 3.57 Å². The summed E-state index contributed by atoms with van der Waals surface area (Å²) in [6.07, 6.45) is 2.59. The van der Waals surface area contributed by atoms with E-state index in [0.717, 1.165) is 9.83 Å². The molecule has 0 saturated carbocycles.